The molecule has 0 N–H and O–H groups in total. The number of ether oxygens (including phenoxy) is 3. The molecule has 0 spiro atoms. The number of rotatable bonds is 1. The van der Waals surface area contributed by atoms with E-state index in [1.54, 1.807) is 0 Å². The summed E-state index contributed by atoms with van der Waals surface area (Å²) >= 11 is 0. The van der Waals surface area contributed by atoms with Crippen molar-refractivity contribution in [3.63, 3.8) is 0 Å². The maximum atomic E-state index is 13.8. The van der Waals surface area contributed by atoms with Gasteiger partial charge in [0.05, 0.1) is 0 Å². The van der Waals surface area contributed by atoms with Crippen LogP contribution < -0.4 is 0 Å². The summed E-state index contributed by atoms with van der Waals surface area (Å²) in [6.45, 7) is 0.151. The molecule has 2 rings (SSSR count). The highest BCUT2D eigenvalue weighted by molar-refractivity contribution is 5.12. The van der Waals surface area contributed by atoms with Crippen LogP contribution in [0.2, 0.25) is 0 Å². The normalized spacial score (nSPS) is 48.3. The van der Waals surface area contributed by atoms with Crippen LogP contribution in [0.1, 0.15) is 13.8 Å². The second-order valence-electron chi connectivity index (χ2n) is 4.36. The third-order valence-corrected chi connectivity index (χ3v) is 2.89. The number of fused-ring (bicyclic) bond motifs is 1. The Balaban J connectivity index is 2.58. The average molecular weight is 302 g/mol. The van der Waals surface area contributed by atoms with Crippen LogP contribution in [0.3, 0.4) is 0 Å². The van der Waals surface area contributed by atoms with E-state index in [0.29, 0.717) is 0 Å². The minimum absolute atomic E-state index is 0.00207. The number of alkyl halides is 8. The molecular formula is C8H6F8O3. The van der Waals surface area contributed by atoms with Crippen molar-refractivity contribution >= 4 is 0 Å². The second kappa shape index (κ2) is 3.14. The minimum Gasteiger partial charge on any atom is -0.296 e. The van der Waals surface area contributed by atoms with Gasteiger partial charge in [-0.25, -0.2) is 13.5 Å². The van der Waals surface area contributed by atoms with E-state index in [-0.39, 0.29) is 13.8 Å². The molecule has 0 aliphatic carbocycles. The van der Waals surface area contributed by atoms with Gasteiger partial charge in [-0.15, -0.1) is 0 Å². The lowest BCUT2D eigenvalue weighted by Crippen LogP contribution is -2.54. The van der Waals surface area contributed by atoms with E-state index < -0.39 is 35.6 Å². The number of hydrogen-bond donors (Lipinski definition) is 0. The molecule has 2 saturated heterocycles. The van der Waals surface area contributed by atoms with E-state index in [1.807, 2.05) is 0 Å². The van der Waals surface area contributed by atoms with Gasteiger partial charge < -0.3 is 0 Å². The summed E-state index contributed by atoms with van der Waals surface area (Å²) in [6.07, 6.45) is -11.0. The van der Waals surface area contributed by atoms with Crippen molar-refractivity contribution in [2.75, 3.05) is 0 Å². The summed E-state index contributed by atoms with van der Waals surface area (Å²) in [5.74, 6) is -18.3. The maximum Gasteiger partial charge on any atom is 0.425 e. The molecule has 0 saturated carbocycles. The Bertz CT molecular complexity index is 393. The predicted octanol–water partition coefficient (Wildman–Crippen LogP) is 2.95. The zero-order chi connectivity index (χ0) is 15.1. The van der Waals surface area contributed by atoms with Crippen LogP contribution in [0, 0.1) is 0 Å². The van der Waals surface area contributed by atoms with Crippen molar-refractivity contribution in [1.29, 1.82) is 0 Å². The molecule has 0 aromatic rings. The first-order valence-electron chi connectivity index (χ1n) is 4.74. The highest BCUT2D eigenvalue weighted by Gasteiger charge is 2.96. The van der Waals surface area contributed by atoms with Gasteiger partial charge in [-0.05, 0) is 6.92 Å². The lowest BCUT2D eigenvalue weighted by atomic mass is 10.1. The van der Waals surface area contributed by atoms with Crippen LogP contribution in [0.4, 0.5) is 35.1 Å². The maximum absolute atomic E-state index is 13.8. The van der Waals surface area contributed by atoms with Crippen molar-refractivity contribution < 1.29 is 49.3 Å². The third-order valence-electron chi connectivity index (χ3n) is 2.89. The molecule has 2 aliphatic heterocycles. The lowest BCUT2D eigenvalue weighted by Gasteiger charge is -2.31. The Labute approximate surface area is 99.9 Å². The Morgan fingerprint density at radius 1 is 0.737 bits per heavy atom. The SMILES string of the molecule is CC(F)(F)C1(C)OC2(F)C(F)(F)OC(F)(F)C2(F)O1. The molecule has 0 bridgehead atoms. The fourth-order valence-corrected chi connectivity index (χ4v) is 1.65. The van der Waals surface area contributed by atoms with Crippen LogP contribution in [0.25, 0.3) is 0 Å². The molecule has 112 valence electrons. The van der Waals surface area contributed by atoms with Gasteiger partial charge in [-0.1, -0.05) is 0 Å². The van der Waals surface area contributed by atoms with Crippen molar-refractivity contribution in [3.05, 3.63) is 0 Å². The largest absolute Gasteiger partial charge is 0.425 e. The van der Waals surface area contributed by atoms with Gasteiger partial charge in [0.1, 0.15) is 0 Å². The molecule has 0 amide bonds. The van der Waals surface area contributed by atoms with Gasteiger partial charge in [0.15, 0.2) is 0 Å². The number of hydrogen-bond acceptors (Lipinski definition) is 3. The van der Waals surface area contributed by atoms with Gasteiger partial charge in [-0.3, -0.25) is 9.47 Å². The summed E-state index contributed by atoms with van der Waals surface area (Å²) < 4.78 is 115. The molecule has 2 heterocycles. The fourth-order valence-electron chi connectivity index (χ4n) is 1.65. The van der Waals surface area contributed by atoms with E-state index in [0.717, 1.165) is 0 Å². The highest BCUT2D eigenvalue weighted by atomic mass is 19.3. The Kier molecular flexibility index (Phi) is 2.43. The van der Waals surface area contributed by atoms with Gasteiger partial charge in [0.2, 0.25) is 5.79 Å². The molecule has 0 aromatic heterocycles. The Morgan fingerprint density at radius 3 is 1.32 bits per heavy atom. The second-order valence-corrected chi connectivity index (χ2v) is 4.36. The van der Waals surface area contributed by atoms with E-state index in [1.165, 1.54) is 0 Å². The molecule has 2 fully saturated rings. The first-order valence-corrected chi connectivity index (χ1v) is 4.74. The van der Waals surface area contributed by atoms with Crippen LogP contribution in [0.15, 0.2) is 0 Å². The van der Waals surface area contributed by atoms with Crippen LogP contribution in [0.5, 0.6) is 0 Å². The minimum atomic E-state index is -5.52. The van der Waals surface area contributed by atoms with E-state index >= 15 is 0 Å². The molecule has 3 nitrogen and oxygen atoms in total. The van der Waals surface area contributed by atoms with Crippen molar-refractivity contribution in [2.45, 2.75) is 49.5 Å². The van der Waals surface area contributed by atoms with Gasteiger partial charge in [0.25, 0.3) is 5.92 Å². The van der Waals surface area contributed by atoms with E-state index in [4.69, 9.17) is 0 Å². The average Bonchev–Trinajstić information content (AvgIpc) is 2.39. The summed E-state index contributed by atoms with van der Waals surface area (Å²) in [5.41, 5.74) is 0. The molecule has 11 heteroatoms. The van der Waals surface area contributed by atoms with Crippen molar-refractivity contribution in [3.8, 4) is 0 Å². The van der Waals surface area contributed by atoms with E-state index in [9.17, 15) is 35.1 Å². The smallest absolute Gasteiger partial charge is 0.296 e. The number of halogens is 8. The molecule has 2 unspecified atom stereocenters. The quantitative estimate of drug-likeness (QED) is 0.697. The van der Waals surface area contributed by atoms with Gasteiger partial charge in [-0.2, -0.15) is 26.3 Å². The molecule has 0 radical (unpaired) electrons. The molecule has 19 heavy (non-hydrogen) atoms. The van der Waals surface area contributed by atoms with Crippen molar-refractivity contribution in [2.24, 2.45) is 0 Å². The molecular weight excluding hydrogens is 296 g/mol. The van der Waals surface area contributed by atoms with Crippen molar-refractivity contribution in [1.82, 2.24) is 0 Å². The van der Waals surface area contributed by atoms with Crippen LogP contribution in [-0.2, 0) is 14.2 Å². The molecule has 2 atom stereocenters. The summed E-state index contributed by atoms with van der Waals surface area (Å²) in [6, 6.07) is 0. The highest BCUT2D eigenvalue weighted by Crippen LogP contribution is 2.67. The first-order chi connectivity index (χ1) is 8.12. The Hall–Kier alpha value is -0.680. The zero-order valence-electron chi connectivity index (χ0n) is 9.25. The van der Waals surface area contributed by atoms with E-state index in [2.05, 4.69) is 14.2 Å². The summed E-state index contributed by atoms with van der Waals surface area (Å²) in [5, 5.41) is 0. The summed E-state index contributed by atoms with van der Waals surface area (Å²) in [4.78, 5) is 0. The van der Waals surface area contributed by atoms with Gasteiger partial charge >= 0.3 is 23.9 Å². The molecule has 0 aromatic carbocycles. The predicted molar refractivity (Wildman–Crippen MR) is 39.9 cm³/mol. The van der Waals surface area contributed by atoms with Crippen LogP contribution in [-0.4, -0.2) is 35.6 Å². The first kappa shape index (κ1) is 14.7. The monoisotopic (exact) mass is 302 g/mol. The third kappa shape index (κ3) is 1.43. The van der Waals surface area contributed by atoms with Crippen LogP contribution >= 0.6 is 0 Å². The Morgan fingerprint density at radius 2 is 1.05 bits per heavy atom. The summed E-state index contributed by atoms with van der Waals surface area (Å²) in [7, 11) is 0. The van der Waals surface area contributed by atoms with Gasteiger partial charge in [0, 0.05) is 6.92 Å². The fraction of sp³-hybridized carbons (Fsp3) is 1.00. The topological polar surface area (TPSA) is 27.7 Å². The zero-order valence-corrected chi connectivity index (χ0v) is 9.25. The lowest BCUT2D eigenvalue weighted by molar-refractivity contribution is -0.431. The standard InChI is InChI=1S/C8H6F8O3/c1-3(9,10)4(2)17-5(11)6(12,18-4)8(15,16)19-7(5,13)14/h1-2H3. The molecule has 2 aliphatic rings.